The van der Waals surface area contributed by atoms with Crippen LogP contribution in [0.5, 0.6) is 5.75 Å². The van der Waals surface area contributed by atoms with Gasteiger partial charge in [0.05, 0.1) is 0 Å². The molecule has 1 atom stereocenters. The summed E-state index contributed by atoms with van der Waals surface area (Å²) < 4.78 is 19.3. The van der Waals surface area contributed by atoms with Gasteiger partial charge in [-0.05, 0) is 60.4 Å². The minimum atomic E-state index is -0.255. The third-order valence-electron chi connectivity index (χ3n) is 3.68. The zero-order valence-electron chi connectivity index (χ0n) is 12.0. The molecule has 2 aromatic carbocycles. The van der Waals surface area contributed by atoms with Crippen molar-refractivity contribution in [3.05, 3.63) is 72.1 Å². The van der Waals surface area contributed by atoms with Gasteiger partial charge in [0.25, 0.3) is 0 Å². The van der Waals surface area contributed by atoms with Gasteiger partial charge in [0.2, 0.25) is 5.91 Å². The van der Waals surface area contributed by atoms with Gasteiger partial charge in [-0.15, -0.1) is 0 Å². The van der Waals surface area contributed by atoms with E-state index in [1.54, 1.807) is 12.1 Å². The van der Waals surface area contributed by atoms with E-state index in [2.05, 4.69) is 11.9 Å². The number of hydrogen-bond acceptors (Lipinski definition) is 2. The highest BCUT2D eigenvalue weighted by atomic mass is 19.1. The monoisotopic (exact) mass is 297 g/mol. The van der Waals surface area contributed by atoms with Gasteiger partial charge >= 0.3 is 0 Å². The van der Waals surface area contributed by atoms with Gasteiger partial charge < -0.3 is 10.1 Å². The standard InChI is InChI=1S/C18H16FNO2/c1-2-18(21)20-15-7-9-17-13(11-15)6-8-16(22-17)12-4-3-5-14(19)10-12/h2-5,7,9-11,16H,1,6,8H2,(H,20,21). The van der Waals surface area contributed by atoms with Crippen LogP contribution in [0.3, 0.4) is 0 Å². The molecule has 1 aliphatic rings. The summed E-state index contributed by atoms with van der Waals surface area (Å²) in [6, 6.07) is 12.0. The molecule has 0 spiro atoms. The van der Waals surface area contributed by atoms with Crippen LogP contribution in [0.1, 0.15) is 23.7 Å². The van der Waals surface area contributed by atoms with E-state index in [1.807, 2.05) is 18.2 Å². The first-order valence-corrected chi connectivity index (χ1v) is 7.14. The van der Waals surface area contributed by atoms with Crippen LogP contribution in [-0.2, 0) is 11.2 Å². The molecule has 22 heavy (non-hydrogen) atoms. The number of anilines is 1. The summed E-state index contributed by atoms with van der Waals surface area (Å²) in [5, 5.41) is 2.73. The summed E-state index contributed by atoms with van der Waals surface area (Å²) in [6.07, 6.45) is 2.68. The second-order valence-electron chi connectivity index (χ2n) is 5.22. The van der Waals surface area contributed by atoms with Crippen molar-refractivity contribution in [3.63, 3.8) is 0 Å². The molecule has 0 saturated carbocycles. The maximum atomic E-state index is 13.3. The number of halogens is 1. The van der Waals surface area contributed by atoms with E-state index in [4.69, 9.17) is 4.74 Å². The number of carbonyl (C=O) groups excluding carboxylic acids is 1. The van der Waals surface area contributed by atoms with Crippen LogP contribution in [-0.4, -0.2) is 5.91 Å². The first-order chi connectivity index (χ1) is 10.7. The Balaban J connectivity index is 1.79. The number of ether oxygens (including phenoxy) is 1. The molecular formula is C18H16FNO2. The van der Waals surface area contributed by atoms with Crippen molar-refractivity contribution in [1.82, 2.24) is 0 Å². The van der Waals surface area contributed by atoms with Crippen LogP contribution in [0.25, 0.3) is 0 Å². The smallest absolute Gasteiger partial charge is 0.247 e. The van der Waals surface area contributed by atoms with Crippen molar-refractivity contribution < 1.29 is 13.9 Å². The summed E-state index contributed by atoms with van der Waals surface area (Å²) in [5.41, 5.74) is 2.60. The number of carbonyl (C=O) groups is 1. The van der Waals surface area contributed by atoms with E-state index in [-0.39, 0.29) is 17.8 Å². The Bertz CT molecular complexity index is 727. The van der Waals surface area contributed by atoms with Crippen LogP contribution in [0.15, 0.2) is 55.1 Å². The van der Waals surface area contributed by atoms with Crippen LogP contribution in [0.2, 0.25) is 0 Å². The lowest BCUT2D eigenvalue weighted by Gasteiger charge is -2.27. The third-order valence-corrected chi connectivity index (χ3v) is 3.68. The van der Waals surface area contributed by atoms with Gasteiger partial charge in [0.15, 0.2) is 0 Å². The van der Waals surface area contributed by atoms with E-state index in [9.17, 15) is 9.18 Å². The summed E-state index contributed by atoms with van der Waals surface area (Å²) in [5.74, 6) is 0.279. The van der Waals surface area contributed by atoms with Crippen molar-refractivity contribution in [3.8, 4) is 5.75 Å². The number of amides is 1. The first-order valence-electron chi connectivity index (χ1n) is 7.14. The number of nitrogens with one attached hydrogen (secondary N) is 1. The first kappa shape index (κ1) is 14.3. The maximum Gasteiger partial charge on any atom is 0.247 e. The summed E-state index contributed by atoms with van der Waals surface area (Å²) >= 11 is 0. The molecule has 0 bridgehead atoms. The van der Waals surface area contributed by atoms with Crippen LogP contribution < -0.4 is 10.1 Å². The second kappa shape index (κ2) is 6.02. The molecule has 2 aromatic rings. The number of aryl methyl sites for hydroxylation is 1. The van der Waals surface area contributed by atoms with Crippen LogP contribution in [0, 0.1) is 5.82 Å². The molecule has 3 rings (SSSR count). The summed E-state index contributed by atoms with van der Waals surface area (Å²) in [6.45, 7) is 3.43. The fourth-order valence-electron chi connectivity index (χ4n) is 2.60. The SMILES string of the molecule is C=CC(=O)Nc1ccc2c(c1)CCC(c1cccc(F)c1)O2. The molecule has 0 fully saturated rings. The fraction of sp³-hybridized carbons (Fsp3) is 0.167. The zero-order valence-corrected chi connectivity index (χ0v) is 12.0. The average Bonchev–Trinajstić information content (AvgIpc) is 2.54. The van der Waals surface area contributed by atoms with Crippen LogP contribution in [0.4, 0.5) is 10.1 Å². The van der Waals surface area contributed by atoms with Crippen LogP contribution >= 0.6 is 0 Å². The predicted molar refractivity (Wildman–Crippen MR) is 83.4 cm³/mol. The molecule has 1 aliphatic heterocycles. The maximum absolute atomic E-state index is 13.3. The molecule has 0 saturated heterocycles. The Kier molecular flexibility index (Phi) is 3.92. The number of hydrogen-bond donors (Lipinski definition) is 1. The van der Waals surface area contributed by atoms with Gasteiger partial charge in [-0.25, -0.2) is 4.39 Å². The molecular weight excluding hydrogens is 281 g/mol. The normalized spacial score (nSPS) is 16.3. The molecule has 0 aromatic heterocycles. The number of benzene rings is 2. The quantitative estimate of drug-likeness (QED) is 0.869. The highest BCUT2D eigenvalue weighted by molar-refractivity contribution is 5.98. The molecule has 0 aliphatic carbocycles. The summed E-state index contributed by atoms with van der Waals surface area (Å²) in [4.78, 5) is 11.3. The minimum Gasteiger partial charge on any atom is -0.485 e. The van der Waals surface area contributed by atoms with Gasteiger partial charge in [-0.3, -0.25) is 4.79 Å². The Hall–Kier alpha value is -2.62. The molecule has 1 amide bonds. The second-order valence-corrected chi connectivity index (χ2v) is 5.22. The molecule has 112 valence electrons. The minimum absolute atomic E-state index is 0.142. The Morgan fingerprint density at radius 2 is 2.18 bits per heavy atom. The van der Waals surface area contributed by atoms with Crippen molar-refractivity contribution in [2.45, 2.75) is 18.9 Å². The molecule has 1 heterocycles. The topological polar surface area (TPSA) is 38.3 Å². The van der Waals surface area contributed by atoms with Crippen molar-refractivity contribution >= 4 is 11.6 Å². The highest BCUT2D eigenvalue weighted by Gasteiger charge is 2.22. The van der Waals surface area contributed by atoms with E-state index in [0.29, 0.717) is 0 Å². The molecule has 4 heteroatoms. The molecule has 3 nitrogen and oxygen atoms in total. The zero-order chi connectivity index (χ0) is 15.5. The van der Waals surface area contributed by atoms with E-state index in [0.717, 1.165) is 35.4 Å². The summed E-state index contributed by atoms with van der Waals surface area (Å²) in [7, 11) is 0. The lowest BCUT2D eigenvalue weighted by Crippen LogP contribution is -2.16. The highest BCUT2D eigenvalue weighted by Crippen LogP contribution is 2.36. The number of fused-ring (bicyclic) bond motifs is 1. The Morgan fingerprint density at radius 3 is 2.95 bits per heavy atom. The lowest BCUT2D eigenvalue weighted by atomic mass is 9.97. The van der Waals surface area contributed by atoms with Crippen molar-refractivity contribution in [2.24, 2.45) is 0 Å². The van der Waals surface area contributed by atoms with E-state index < -0.39 is 0 Å². The predicted octanol–water partition coefficient (Wildman–Crippen LogP) is 4.02. The van der Waals surface area contributed by atoms with Gasteiger partial charge in [0, 0.05) is 5.69 Å². The van der Waals surface area contributed by atoms with Gasteiger partial charge in [0.1, 0.15) is 17.7 Å². The molecule has 0 radical (unpaired) electrons. The van der Waals surface area contributed by atoms with Gasteiger partial charge in [-0.2, -0.15) is 0 Å². The van der Waals surface area contributed by atoms with Crippen molar-refractivity contribution in [2.75, 3.05) is 5.32 Å². The number of rotatable bonds is 3. The van der Waals surface area contributed by atoms with E-state index in [1.165, 1.54) is 18.2 Å². The Labute approximate surface area is 128 Å². The largest absolute Gasteiger partial charge is 0.485 e. The molecule has 1 unspecified atom stereocenters. The fourth-order valence-corrected chi connectivity index (χ4v) is 2.60. The third kappa shape index (κ3) is 3.01. The van der Waals surface area contributed by atoms with Gasteiger partial charge in [-0.1, -0.05) is 18.7 Å². The average molecular weight is 297 g/mol. The molecule has 1 N–H and O–H groups in total. The Morgan fingerprint density at radius 1 is 1.32 bits per heavy atom. The van der Waals surface area contributed by atoms with E-state index >= 15 is 0 Å². The lowest BCUT2D eigenvalue weighted by molar-refractivity contribution is -0.111. The van der Waals surface area contributed by atoms with Crippen molar-refractivity contribution in [1.29, 1.82) is 0 Å².